The predicted molar refractivity (Wildman–Crippen MR) is 73.8 cm³/mol. The van der Waals surface area contributed by atoms with Gasteiger partial charge in [0, 0.05) is 11.3 Å². The molecule has 98 valence electrons. The molecule has 5 heteroatoms. The van der Waals surface area contributed by atoms with Crippen LogP contribution in [0.25, 0.3) is 5.69 Å². The first kappa shape index (κ1) is 12.3. The third-order valence-electron chi connectivity index (χ3n) is 3.46. The van der Waals surface area contributed by atoms with Gasteiger partial charge in [0.15, 0.2) is 4.77 Å². The highest BCUT2D eigenvalue weighted by atomic mass is 32.1. The molecule has 0 aliphatic heterocycles. The Balaban J connectivity index is 2.28. The van der Waals surface area contributed by atoms with Gasteiger partial charge >= 0.3 is 0 Å². The van der Waals surface area contributed by atoms with Gasteiger partial charge in [-0.05, 0) is 56.1 Å². The lowest BCUT2D eigenvalue weighted by atomic mass is 9.97. The van der Waals surface area contributed by atoms with E-state index in [1.54, 1.807) is 12.1 Å². The highest BCUT2D eigenvalue weighted by Crippen LogP contribution is 2.17. The molecule has 3 rings (SSSR count). The zero-order valence-electron chi connectivity index (χ0n) is 10.3. The third-order valence-corrected chi connectivity index (χ3v) is 3.74. The molecule has 0 saturated carbocycles. The first-order valence-electron chi connectivity index (χ1n) is 6.30. The van der Waals surface area contributed by atoms with Crippen LogP contribution < -0.4 is 5.56 Å². The molecular formula is C14H13FN2OS. The summed E-state index contributed by atoms with van der Waals surface area (Å²) in [5.41, 5.74) is 2.07. The normalized spacial score (nSPS) is 14.2. The van der Waals surface area contributed by atoms with E-state index in [9.17, 15) is 9.18 Å². The number of aromatic nitrogens is 2. The summed E-state index contributed by atoms with van der Waals surface area (Å²) in [5, 5.41) is 0. The van der Waals surface area contributed by atoms with Crippen LogP contribution in [0.1, 0.15) is 24.1 Å². The zero-order chi connectivity index (χ0) is 13.4. The highest BCUT2D eigenvalue weighted by Gasteiger charge is 2.16. The molecule has 0 bridgehead atoms. The zero-order valence-corrected chi connectivity index (χ0v) is 11.1. The number of hydrogen-bond donors (Lipinski definition) is 1. The summed E-state index contributed by atoms with van der Waals surface area (Å²) in [5.74, 6) is -0.378. The Labute approximate surface area is 114 Å². The molecule has 19 heavy (non-hydrogen) atoms. The van der Waals surface area contributed by atoms with Crippen LogP contribution >= 0.6 is 12.2 Å². The maximum Gasteiger partial charge on any atom is 0.262 e. The topological polar surface area (TPSA) is 37.8 Å². The molecule has 0 spiro atoms. The van der Waals surface area contributed by atoms with Crippen molar-refractivity contribution in [2.45, 2.75) is 25.7 Å². The highest BCUT2D eigenvalue weighted by molar-refractivity contribution is 7.71. The van der Waals surface area contributed by atoms with Gasteiger partial charge in [-0.2, -0.15) is 0 Å². The summed E-state index contributed by atoms with van der Waals surface area (Å²) in [7, 11) is 0. The van der Waals surface area contributed by atoms with Crippen molar-refractivity contribution in [2.75, 3.05) is 0 Å². The summed E-state index contributed by atoms with van der Waals surface area (Å²) in [6.45, 7) is 0. The molecule has 0 amide bonds. The number of hydrogen-bond acceptors (Lipinski definition) is 2. The molecule has 0 unspecified atom stereocenters. The van der Waals surface area contributed by atoms with Crippen LogP contribution in [-0.2, 0) is 12.8 Å². The van der Waals surface area contributed by atoms with E-state index in [-0.39, 0.29) is 11.4 Å². The van der Waals surface area contributed by atoms with Gasteiger partial charge in [0.1, 0.15) is 5.82 Å². The van der Waals surface area contributed by atoms with Gasteiger partial charge < -0.3 is 4.98 Å². The molecule has 1 aromatic carbocycles. The Morgan fingerprint density at radius 1 is 1.26 bits per heavy atom. The maximum atomic E-state index is 13.3. The van der Waals surface area contributed by atoms with Crippen LogP contribution in [0.3, 0.4) is 0 Å². The van der Waals surface area contributed by atoms with Gasteiger partial charge in [0.2, 0.25) is 0 Å². The van der Waals surface area contributed by atoms with Gasteiger partial charge in [-0.25, -0.2) is 4.39 Å². The van der Waals surface area contributed by atoms with Crippen LogP contribution in [0, 0.1) is 10.6 Å². The van der Waals surface area contributed by atoms with Crippen molar-refractivity contribution in [2.24, 2.45) is 0 Å². The largest absolute Gasteiger partial charge is 0.335 e. The first-order chi connectivity index (χ1) is 9.16. The maximum absolute atomic E-state index is 13.3. The molecular weight excluding hydrogens is 263 g/mol. The van der Waals surface area contributed by atoms with Gasteiger partial charge in [-0.3, -0.25) is 9.36 Å². The first-order valence-corrected chi connectivity index (χ1v) is 6.70. The standard InChI is InChI=1S/C14H13FN2OS/c15-9-4-3-5-10(8-9)17-13(18)11-6-1-2-7-12(11)16-14(17)19/h3-5,8H,1-2,6-7H2,(H,16,19). The fourth-order valence-electron chi connectivity index (χ4n) is 2.54. The molecule has 1 heterocycles. The average Bonchev–Trinajstić information content (AvgIpc) is 2.39. The van der Waals surface area contributed by atoms with E-state index in [0.29, 0.717) is 10.5 Å². The SMILES string of the molecule is O=c1c2c([nH]c(=S)n1-c1cccc(F)c1)CCCC2. The lowest BCUT2D eigenvalue weighted by Gasteiger charge is -2.17. The fourth-order valence-corrected chi connectivity index (χ4v) is 2.85. The van der Waals surface area contributed by atoms with Gasteiger partial charge in [-0.15, -0.1) is 0 Å². The number of aryl methyl sites for hydroxylation is 1. The van der Waals surface area contributed by atoms with Gasteiger partial charge in [-0.1, -0.05) is 6.07 Å². The minimum absolute atomic E-state index is 0.121. The molecule has 0 saturated heterocycles. The van der Waals surface area contributed by atoms with E-state index in [2.05, 4.69) is 4.98 Å². The Morgan fingerprint density at radius 3 is 2.84 bits per heavy atom. The van der Waals surface area contributed by atoms with Crippen molar-refractivity contribution in [3.63, 3.8) is 0 Å². The van der Waals surface area contributed by atoms with Crippen LogP contribution in [0.15, 0.2) is 29.1 Å². The van der Waals surface area contributed by atoms with Crippen molar-refractivity contribution in [3.05, 3.63) is 56.5 Å². The molecule has 1 aliphatic carbocycles. The second kappa shape index (κ2) is 4.74. The number of nitrogens with zero attached hydrogens (tertiary/aromatic N) is 1. The number of nitrogens with one attached hydrogen (secondary N) is 1. The van der Waals surface area contributed by atoms with E-state index < -0.39 is 0 Å². The molecule has 1 aliphatic rings. The smallest absolute Gasteiger partial charge is 0.262 e. The Morgan fingerprint density at radius 2 is 2.05 bits per heavy atom. The van der Waals surface area contributed by atoms with Crippen LogP contribution in [0.5, 0.6) is 0 Å². The third kappa shape index (κ3) is 2.14. The number of rotatable bonds is 1. The predicted octanol–water partition coefficient (Wildman–Crippen LogP) is 2.91. The van der Waals surface area contributed by atoms with Crippen LogP contribution in [0.2, 0.25) is 0 Å². The van der Waals surface area contributed by atoms with E-state index in [4.69, 9.17) is 12.2 Å². The van der Waals surface area contributed by atoms with Crippen molar-refractivity contribution in [1.29, 1.82) is 0 Å². The Bertz CT molecular complexity index is 748. The summed E-state index contributed by atoms with van der Waals surface area (Å²) in [6.07, 6.45) is 3.70. The number of benzene rings is 1. The van der Waals surface area contributed by atoms with Crippen molar-refractivity contribution < 1.29 is 4.39 Å². The molecule has 0 fully saturated rings. The summed E-state index contributed by atoms with van der Waals surface area (Å²) < 4.78 is 15.0. The second-order valence-corrected chi connectivity index (χ2v) is 5.10. The monoisotopic (exact) mass is 276 g/mol. The molecule has 1 N–H and O–H groups in total. The van der Waals surface area contributed by atoms with E-state index in [1.807, 2.05) is 0 Å². The van der Waals surface area contributed by atoms with Crippen LogP contribution in [-0.4, -0.2) is 9.55 Å². The second-order valence-electron chi connectivity index (χ2n) is 4.71. The quantitative estimate of drug-likeness (QED) is 0.813. The van der Waals surface area contributed by atoms with Crippen molar-refractivity contribution in [3.8, 4) is 5.69 Å². The summed E-state index contributed by atoms with van der Waals surface area (Å²) >= 11 is 5.24. The average molecular weight is 276 g/mol. The van der Waals surface area contributed by atoms with E-state index in [0.717, 1.165) is 36.9 Å². The Kier molecular flexibility index (Phi) is 3.06. The number of fused-ring (bicyclic) bond motifs is 1. The summed E-state index contributed by atoms with van der Waals surface area (Å²) in [6, 6.07) is 5.93. The number of aromatic amines is 1. The number of H-pyrrole nitrogens is 1. The Hall–Kier alpha value is -1.75. The molecule has 3 nitrogen and oxygen atoms in total. The summed E-state index contributed by atoms with van der Waals surface area (Å²) in [4.78, 5) is 15.6. The molecule has 0 radical (unpaired) electrons. The minimum Gasteiger partial charge on any atom is -0.335 e. The van der Waals surface area contributed by atoms with Gasteiger partial charge in [0.25, 0.3) is 5.56 Å². The molecule has 2 aromatic rings. The van der Waals surface area contributed by atoms with Crippen molar-refractivity contribution >= 4 is 12.2 Å². The lowest BCUT2D eigenvalue weighted by molar-refractivity contribution is 0.623. The van der Waals surface area contributed by atoms with Crippen LogP contribution in [0.4, 0.5) is 4.39 Å². The van der Waals surface area contributed by atoms with Crippen molar-refractivity contribution in [1.82, 2.24) is 9.55 Å². The van der Waals surface area contributed by atoms with Gasteiger partial charge in [0.05, 0.1) is 5.69 Å². The fraction of sp³-hybridized carbons (Fsp3) is 0.286. The molecule has 0 atom stereocenters. The van der Waals surface area contributed by atoms with E-state index >= 15 is 0 Å². The van der Waals surface area contributed by atoms with E-state index in [1.165, 1.54) is 16.7 Å². The number of halogens is 1. The lowest BCUT2D eigenvalue weighted by Crippen LogP contribution is -2.28. The minimum atomic E-state index is -0.378. The molecule has 1 aromatic heterocycles.